The lowest BCUT2D eigenvalue weighted by Crippen LogP contribution is -2.28. The van der Waals surface area contributed by atoms with E-state index in [0.29, 0.717) is 5.92 Å². The van der Waals surface area contributed by atoms with Crippen molar-refractivity contribution in [3.8, 4) is 0 Å². The Bertz CT molecular complexity index is 455. The number of nitrogens with zero attached hydrogens (tertiary/aromatic N) is 1. The van der Waals surface area contributed by atoms with Crippen LogP contribution < -0.4 is 5.32 Å². The van der Waals surface area contributed by atoms with Crippen molar-refractivity contribution in [3.63, 3.8) is 0 Å². The Morgan fingerprint density at radius 3 is 3.07 bits per heavy atom. The van der Waals surface area contributed by atoms with E-state index in [1.54, 1.807) is 0 Å². The van der Waals surface area contributed by atoms with Crippen molar-refractivity contribution in [1.82, 2.24) is 15.5 Å². The third-order valence-electron chi connectivity index (χ3n) is 3.18. The van der Waals surface area contributed by atoms with Crippen molar-refractivity contribution >= 4 is 10.9 Å². The van der Waals surface area contributed by atoms with Crippen LogP contribution in [0.2, 0.25) is 0 Å². The average molecular weight is 201 g/mol. The normalized spacial score (nSPS) is 22.0. The zero-order valence-corrected chi connectivity index (χ0v) is 8.66. The first-order chi connectivity index (χ1) is 7.45. The summed E-state index contributed by atoms with van der Waals surface area (Å²) in [5.41, 5.74) is 2.39. The van der Waals surface area contributed by atoms with E-state index in [1.807, 2.05) is 6.07 Å². The summed E-state index contributed by atoms with van der Waals surface area (Å²) in [6.07, 6.45) is 2.51. The Morgan fingerprint density at radius 2 is 2.20 bits per heavy atom. The van der Waals surface area contributed by atoms with E-state index in [4.69, 9.17) is 0 Å². The molecule has 0 aliphatic carbocycles. The zero-order chi connectivity index (χ0) is 10.1. The smallest absolute Gasteiger partial charge is 0.0744 e. The van der Waals surface area contributed by atoms with Crippen LogP contribution in [-0.2, 0) is 0 Å². The van der Waals surface area contributed by atoms with Gasteiger partial charge in [-0.25, -0.2) is 0 Å². The molecule has 2 heterocycles. The summed E-state index contributed by atoms with van der Waals surface area (Å²) in [6.45, 7) is 2.22. The molecule has 1 atom stereocenters. The van der Waals surface area contributed by atoms with E-state index in [1.165, 1.54) is 23.9 Å². The fourth-order valence-electron chi connectivity index (χ4n) is 2.38. The third kappa shape index (κ3) is 1.53. The number of benzene rings is 1. The van der Waals surface area contributed by atoms with Crippen LogP contribution in [0.25, 0.3) is 10.9 Å². The topological polar surface area (TPSA) is 40.7 Å². The number of piperidine rings is 1. The molecule has 0 saturated carbocycles. The maximum absolute atomic E-state index is 4.45. The van der Waals surface area contributed by atoms with Gasteiger partial charge in [-0.1, -0.05) is 18.2 Å². The Balaban J connectivity index is 2.02. The molecule has 0 amide bonds. The minimum absolute atomic E-state index is 0.579. The summed E-state index contributed by atoms with van der Waals surface area (Å²) >= 11 is 0. The molecular weight excluding hydrogens is 186 g/mol. The maximum atomic E-state index is 4.45. The number of para-hydroxylation sites is 1. The molecular formula is C12H15N3. The molecule has 78 valence electrons. The summed E-state index contributed by atoms with van der Waals surface area (Å²) in [4.78, 5) is 0. The fourth-order valence-corrected chi connectivity index (χ4v) is 2.38. The highest BCUT2D eigenvalue weighted by Gasteiger charge is 2.19. The molecule has 3 heteroatoms. The molecule has 1 fully saturated rings. The molecule has 1 aliphatic rings. The van der Waals surface area contributed by atoms with Crippen LogP contribution in [0.4, 0.5) is 0 Å². The van der Waals surface area contributed by atoms with Crippen LogP contribution in [-0.4, -0.2) is 23.3 Å². The van der Waals surface area contributed by atoms with Crippen molar-refractivity contribution in [2.45, 2.75) is 18.8 Å². The van der Waals surface area contributed by atoms with Gasteiger partial charge in [-0.3, -0.25) is 5.10 Å². The van der Waals surface area contributed by atoms with Crippen molar-refractivity contribution in [3.05, 3.63) is 30.0 Å². The Labute approximate surface area is 88.9 Å². The van der Waals surface area contributed by atoms with Crippen molar-refractivity contribution in [2.24, 2.45) is 0 Å². The van der Waals surface area contributed by atoms with Gasteiger partial charge in [-0.05, 0) is 25.5 Å². The van der Waals surface area contributed by atoms with Crippen LogP contribution in [0, 0.1) is 0 Å². The Kier molecular flexibility index (Phi) is 2.18. The maximum Gasteiger partial charge on any atom is 0.0744 e. The molecule has 2 aromatic rings. The number of hydrogen-bond acceptors (Lipinski definition) is 2. The number of fused-ring (bicyclic) bond motifs is 1. The molecule has 3 nitrogen and oxygen atoms in total. The van der Waals surface area contributed by atoms with Gasteiger partial charge in [0.1, 0.15) is 0 Å². The summed E-state index contributed by atoms with van der Waals surface area (Å²) in [5.74, 6) is 0.579. The van der Waals surface area contributed by atoms with Crippen molar-refractivity contribution in [2.75, 3.05) is 13.1 Å². The second kappa shape index (κ2) is 3.66. The van der Waals surface area contributed by atoms with Crippen LogP contribution >= 0.6 is 0 Å². The van der Waals surface area contributed by atoms with Crippen LogP contribution in [0.15, 0.2) is 24.3 Å². The lowest BCUT2D eigenvalue weighted by atomic mass is 9.94. The first-order valence-corrected chi connectivity index (χ1v) is 5.59. The summed E-state index contributed by atoms with van der Waals surface area (Å²) in [7, 11) is 0. The van der Waals surface area contributed by atoms with Crippen LogP contribution in [0.5, 0.6) is 0 Å². The number of rotatable bonds is 1. The molecule has 1 unspecified atom stereocenters. The molecule has 2 N–H and O–H groups in total. The van der Waals surface area contributed by atoms with Crippen LogP contribution in [0.1, 0.15) is 24.5 Å². The van der Waals surface area contributed by atoms with Gasteiger partial charge in [0, 0.05) is 17.8 Å². The quantitative estimate of drug-likeness (QED) is 0.741. The average Bonchev–Trinajstić information content (AvgIpc) is 2.74. The van der Waals surface area contributed by atoms with Gasteiger partial charge in [-0.2, -0.15) is 5.10 Å². The van der Waals surface area contributed by atoms with E-state index < -0.39 is 0 Å². The van der Waals surface area contributed by atoms with E-state index in [2.05, 4.69) is 33.7 Å². The molecule has 0 radical (unpaired) electrons. The minimum atomic E-state index is 0.579. The van der Waals surface area contributed by atoms with E-state index in [-0.39, 0.29) is 0 Å². The standard InChI is InChI=1S/C12H15N3/c1-2-6-11-10(5-1)12(15-14-11)9-4-3-7-13-8-9/h1-2,5-6,9,13H,3-4,7-8H2,(H,14,15). The second-order valence-corrected chi connectivity index (χ2v) is 4.20. The van der Waals surface area contributed by atoms with Gasteiger partial charge in [0.15, 0.2) is 0 Å². The van der Waals surface area contributed by atoms with Crippen LogP contribution in [0.3, 0.4) is 0 Å². The molecule has 3 rings (SSSR count). The van der Waals surface area contributed by atoms with Crippen molar-refractivity contribution in [1.29, 1.82) is 0 Å². The number of nitrogens with one attached hydrogen (secondary N) is 2. The predicted molar refractivity (Wildman–Crippen MR) is 60.9 cm³/mol. The molecule has 1 aromatic carbocycles. The monoisotopic (exact) mass is 201 g/mol. The fraction of sp³-hybridized carbons (Fsp3) is 0.417. The SMILES string of the molecule is c1ccc2c(C3CCCNC3)n[nH]c2c1. The lowest BCUT2D eigenvalue weighted by molar-refractivity contribution is 0.456. The van der Waals surface area contributed by atoms with Gasteiger partial charge in [-0.15, -0.1) is 0 Å². The number of aromatic nitrogens is 2. The van der Waals surface area contributed by atoms with Crippen molar-refractivity contribution < 1.29 is 0 Å². The summed E-state index contributed by atoms with van der Waals surface area (Å²) in [5, 5.41) is 12.3. The highest BCUT2D eigenvalue weighted by Crippen LogP contribution is 2.27. The molecule has 1 aliphatic heterocycles. The molecule has 1 saturated heterocycles. The van der Waals surface area contributed by atoms with Gasteiger partial charge in [0.05, 0.1) is 11.2 Å². The van der Waals surface area contributed by atoms with E-state index in [0.717, 1.165) is 18.6 Å². The summed E-state index contributed by atoms with van der Waals surface area (Å²) < 4.78 is 0. The summed E-state index contributed by atoms with van der Waals surface area (Å²) in [6, 6.07) is 8.37. The van der Waals surface area contributed by atoms with Gasteiger partial charge >= 0.3 is 0 Å². The second-order valence-electron chi connectivity index (χ2n) is 4.20. The molecule has 1 aromatic heterocycles. The van der Waals surface area contributed by atoms with E-state index in [9.17, 15) is 0 Å². The van der Waals surface area contributed by atoms with Gasteiger partial charge in [0.2, 0.25) is 0 Å². The number of H-pyrrole nitrogens is 1. The third-order valence-corrected chi connectivity index (χ3v) is 3.18. The first-order valence-electron chi connectivity index (χ1n) is 5.59. The minimum Gasteiger partial charge on any atom is -0.316 e. The highest BCUT2D eigenvalue weighted by atomic mass is 15.1. The largest absolute Gasteiger partial charge is 0.316 e. The molecule has 0 bridgehead atoms. The number of hydrogen-bond donors (Lipinski definition) is 2. The Hall–Kier alpha value is -1.35. The lowest BCUT2D eigenvalue weighted by Gasteiger charge is -2.21. The molecule has 15 heavy (non-hydrogen) atoms. The zero-order valence-electron chi connectivity index (χ0n) is 8.66. The van der Waals surface area contributed by atoms with Gasteiger partial charge < -0.3 is 5.32 Å². The highest BCUT2D eigenvalue weighted by molar-refractivity contribution is 5.81. The van der Waals surface area contributed by atoms with Gasteiger partial charge in [0.25, 0.3) is 0 Å². The predicted octanol–water partition coefficient (Wildman–Crippen LogP) is 2.03. The molecule has 0 spiro atoms. The first kappa shape index (κ1) is 8.92. The van der Waals surface area contributed by atoms with E-state index >= 15 is 0 Å². The number of aromatic amines is 1. The Morgan fingerprint density at radius 1 is 1.27 bits per heavy atom.